The van der Waals surface area contributed by atoms with Crippen LogP contribution in [-0.2, 0) is 16.0 Å². The number of benzene rings is 2. The number of carbonyl (C=O) groups excluding carboxylic acids is 2. The second-order valence-electron chi connectivity index (χ2n) is 6.34. The number of ether oxygens (including phenoxy) is 1. The lowest BCUT2D eigenvalue weighted by atomic mass is 10.1. The van der Waals surface area contributed by atoms with E-state index in [-0.39, 0.29) is 12.5 Å². The van der Waals surface area contributed by atoms with Gasteiger partial charge in [-0.2, -0.15) is 0 Å². The summed E-state index contributed by atoms with van der Waals surface area (Å²) in [5.41, 5.74) is 3.12. The van der Waals surface area contributed by atoms with E-state index in [2.05, 4.69) is 22.4 Å². The third kappa shape index (κ3) is 5.14. The van der Waals surface area contributed by atoms with Crippen molar-refractivity contribution in [1.29, 1.82) is 0 Å². The van der Waals surface area contributed by atoms with Crippen molar-refractivity contribution in [2.75, 3.05) is 13.2 Å². The van der Waals surface area contributed by atoms with Crippen LogP contribution in [0.5, 0.6) is 0 Å². The SMILES string of the molecule is Cc1cc(C(=O)OCC(=O)NCCCc2ccccc2)c2ccccc2n1. The maximum absolute atomic E-state index is 12.4. The van der Waals surface area contributed by atoms with Crippen LogP contribution in [-0.4, -0.2) is 30.0 Å². The number of nitrogens with one attached hydrogen (secondary N) is 1. The maximum Gasteiger partial charge on any atom is 0.339 e. The summed E-state index contributed by atoms with van der Waals surface area (Å²) in [7, 11) is 0. The van der Waals surface area contributed by atoms with Crippen LogP contribution in [0.25, 0.3) is 10.9 Å². The molecule has 27 heavy (non-hydrogen) atoms. The Kier molecular flexibility index (Phi) is 6.15. The van der Waals surface area contributed by atoms with Crippen LogP contribution in [0.4, 0.5) is 0 Å². The largest absolute Gasteiger partial charge is 0.452 e. The van der Waals surface area contributed by atoms with Crippen molar-refractivity contribution in [3.8, 4) is 0 Å². The summed E-state index contributed by atoms with van der Waals surface area (Å²) in [5, 5.41) is 3.50. The van der Waals surface area contributed by atoms with Gasteiger partial charge in [0.15, 0.2) is 6.61 Å². The summed E-state index contributed by atoms with van der Waals surface area (Å²) in [4.78, 5) is 28.7. The minimum atomic E-state index is -0.517. The number of fused-ring (bicyclic) bond motifs is 1. The van der Waals surface area contributed by atoms with Gasteiger partial charge in [-0.25, -0.2) is 4.79 Å². The molecule has 2 aromatic carbocycles. The Morgan fingerprint density at radius 1 is 1.04 bits per heavy atom. The van der Waals surface area contributed by atoms with Gasteiger partial charge in [0.05, 0.1) is 11.1 Å². The van der Waals surface area contributed by atoms with Crippen molar-refractivity contribution >= 4 is 22.8 Å². The third-order valence-electron chi connectivity index (χ3n) is 4.21. The Balaban J connectivity index is 1.48. The second-order valence-corrected chi connectivity index (χ2v) is 6.34. The summed E-state index contributed by atoms with van der Waals surface area (Å²) < 4.78 is 5.19. The van der Waals surface area contributed by atoms with Gasteiger partial charge >= 0.3 is 5.97 Å². The van der Waals surface area contributed by atoms with Gasteiger partial charge in [0, 0.05) is 17.6 Å². The summed E-state index contributed by atoms with van der Waals surface area (Å²) >= 11 is 0. The van der Waals surface area contributed by atoms with Gasteiger partial charge in [-0.1, -0.05) is 48.5 Å². The first-order valence-corrected chi connectivity index (χ1v) is 8.97. The summed E-state index contributed by atoms with van der Waals surface area (Å²) in [6.07, 6.45) is 1.72. The van der Waals surface area contributed by atoms with E-state index >= 15 is 0 Å². The zero-order valence-electron chi connectivity index (χ0n) is 15.3. The van der Waals surface area contributed by atoms with Crippen molar-refractivity contribution in [2.45, 2.75) is 19.8 Å². The molecule has 0 saturated carbocycles. The van der Waals surface area contributed by atoms with Crippen LogP contribution in [0.15, 0.2) is 60.7 Å². The molecule has 1 amide bonds. The van der Waals surface area contributed by atoms with Gasteiger partial charge in [0.2, 0.25) is 0 Å². The molecule has 0 unspecified atom stereocenters. The number of carbonyl (C=O) groups is 2. The van der Waals surface area contributed by atoms with E-state index in [9.17, 15) is 9.59 Å². The molecule has 5 nitrogen and oxygen atoms in total. The van der Waals surface area contributed by atoms with Gasteiger partial charge in [-0.15, -0.1) is 0 Å². The highest BCUT2D eigenvalue weighted by atomic mass is 16.5. The lowest BCUT2D eigenvalue weighted by molar-refractivity contribution is -0.124. The maximum atomic E-state index is 12.4. The van der Waals surface area contributed by atoms with E-state index in [1.165, 1.54) is 5.56 Å². The Hall–Kier alpha value is -3.21. The summed E-state index contributed by atoms with van der Waals surface area (Å²) in [6, 6.07) is 19.2. The number of nitrogens with zero attached hydrogens (tertiary/aromatic N) is 1. The average molecular weight is 362 g/mol. The molecule has 0 radical (unpaired) electrons. The zero-order chi connectivity index (χ0) is 19.1. The van der Waals surface area contributed by atoms with E-state index in [0.29, 0.717) is 12.1 Å². The Morgan fingerprint density at radius 3 is 2.59 bits per heavy atom. The number of aryl methyl sites for hydroxylation is 2. The standard InChI is InChI=1S/C22H22N2O3/c1-16-14-19(18-11-5-6-12-20(18)24-16)22(26)27-15-21(25)23-13-7-10-17-8-3-2-4-9-17/h2-6,8-9,11-12,14H,7,10,13,15H2,1H3,(H,23,25). The lowest BCUT2D eigenvalue weighted by Gasteiger charge is -2.09. The molecule has 5 heteroatoms. The molecule has 1 aromatic heterocycles. The number of hydrogen-bond donors (Lipinski definition) is 1. The van der Waals surface area contributed by atoms with E-state index < -0.39 is 5.97 Å². The van der Waals surface area contributed by atoms with E-state index in [1.807, 2.05) is 49.4 Å². The lowest BCUT2D eigenvalue weighted by Crippen LogP contribution is -2.29. The van der Waals surface area contributed by atoms with Gasteiger partial charge in [-0.05, 0) is 37.5 Å². The second kappa shape index (κ2) is 8.94. The van der Waals surface area contributed by atoms with E-state index in [1.54, 1.807) is 6.07 Å². The van der Waals surface area contributed by atoms with Crippen molar-refractivity contribution in [3.63, 3.8) is 0 Å². The van der Waals surface area contributed by atoms with Crippen LogP contribution < -0.4 is 5.32 Å². The molecule has 1 heterocycles. The topological polar surface area (TPSA) is 68.3 Å². The van der Waals surface area contributed by atoms with Gasteiger partial charge < -0.3 is 10.1 Å². The molecular formula is C22H22N2O3. The highest BCUT2D eigenvalue weighted by Crippen LogP contribution is 2.19. The van der Waals surface area contributed by atoms with Gasteiger partial charge in [0.1, 0.15) is 0 Å². The van der Waals surface area contributed by atoms with E-state index in [0.717, 1.165) is 29.4 Å². The highest BCUT2D eigenvalue weighted by molar-refractivity contribution is 6.04. The normalized spacial score (nSPS) is 10.6. The number of esters is 1. The third-order valence-corrected chi connectivity index (χ3v) is 4.21. The number of pyridine rings is 1. The fourth-order valence-corrected chi connectivity index (χ4v) is 2.90. The number of para-hydroxylation sites is 1. The van der Waals surface area contributed by atoms with Crippen molar-refractivity contribution in [2.24, 2.45) is 0 Å². The Morgan fingerprint density at radius 2 is 1.78 bits per heavy atom. The molecular weight excluding hydrogens is 340 g/mol. The molecule has 0 saturated heterocycles. The minimum Gasteiger partial charge on any atom is -0.452 e. The predicted molar refractivity (Wildman–Crippen MR) is 105 cm³/mol. The Bertz CT molecular complexity index is 939. The summed E-state index contributed by atoms with van der Waals surface area (Å²) in [6.45, 7) is 2.07. The summed E-state index contributed by atoms with van der Waals surface area (Å²) in [5.74, 6) is -0.817. The quantitative estimate of drug-likeness (QED) is 0.516. The molecule has 0 fully saturated rings. The van der Waals surface area contributed by atoms with Crippen molar-refractivity contribution < 1.29 is 14.3 Å². The van der Waals surface area contributed by atoms with Crippen LogP contribution >= 0.6 is 0 Å². The van der Waals surface area contributed by atoms with Crippen LogP contribution in [0.1, 0.15) is 28.0 Å². The number of amides is 1. The molecule has 0 bridgehead atoms. The highest BCUT2D eigenvalue weighted by Gasteiger charge is 2.14. The molecule has 3 rings (SSSR count). The molecule has 1 N–H and O–H groups in total. The van der Waals surface area contributed by atoms with Crippen LogP contribution in [0.2, 0.25) is 0 Å². The first kappa shape index (κ1) is 18.6. The predicted octanol–water partition coefficient (Wildman–Crippen LogP) is 3.45. The molecule has 138 valence electrons. The van der Waals surface area contributed by atoms with Crippen LogP contribution in [0.3, 0.4) is 0 Å². The molecule has 0 atom stereocenters. The first-order valence-electron chi connectivity index (χ1n) is 8.97. The van der Waals surface area contributed by atoms with Crippen molar-refractivity contribution in [3.05, 3.63) is 77.5 Å². The molecule has 3 aromatic rings. The number of aromatic nitrogens is 1. The minimum absolute atomic E-state index is 0.292. The van der Waals surface area contributed by atoms with Crippen LogP contribution in [0, 0.1) is 6.92 Å². The fourth-order valence-electron chi connectivity index (χ4n) is 2.90. The Labute approximate surface area is 158 Å². The van der Waals surface area contributed by atoms with E-state index in [4.69, 9.17) is 4.74 Å². The zero-order valence-corrected chi connectivity index (χ0v) is 15.3. The molecule has 0 aliphatic heterocycles. The number of rotatable bonds is 7. The monoisotopic (exact) mass is 362 g/mol. The number of hydrogen-bond acceptors (Lipinski definition) is 4. The first-order chi connectivity index (χ1) is 13.1. The molecule has 0 aliphatic rings. The van der Waals surface area contributed by atoms with Crippen molar-refractivity contribution in [1.82, 2.24) is 10.3 Å². The van der Waals surface area contributed by atoms with Gasteiger partial charge in [-0.3, -0.25) is 9.78 Å². The van der Waals surface area contributed by atoms with Gasteiger partial charge in [0.25, 0.3) is 5.91 Å². The fraction of sp³-hybridized carbons (Fsp3) is 0.227. The smallest absolute Gasteiger partial charge is 0.339 e. The average Bonchev–Trinajstić information content (AvgIpc) is 2.69. The molecule has 0 aliphatic carbocycles. The molecule has 0 spiro atoms.